The topological polar surface area (TPSA) is 81.1 Å². The van der Waals surface area contributed by atoms with Gasteiger partial charge in [-0.15, -0.1) is 0 Å². The Balaban J connectivity index is 0. The number of carbonyl (C=O) groups is 1. The lowest BCUT2D eigenvalue weighted by atomic mass is 10.2. The number of amides is 2. The summed E-state index contributed by atoms with van der Waals surface area (Å²) in [4.78, 5) is 9.35. The molecule has 0 aliphatic rings. The Bertz CT molecular complexity index is 228. The first kappa shape index (κ1) is 14.3. The van der Waals surface area contributed by atoms with E-state index in [1.54, 1.807) is 5.43 Å². The second kappa shape index (κ2) is 8.89. The average Bonchev–Trinajstić information content (AvgIpc) is 2.07. The van der Waals surface area contributed by atoms with Crippen LogP contribution in [0.3, 0.4) is 0 Å². The molecule has 1 rings (SSSR count). The minimum absolute atomic E-state index is 0. The number of nitrogens with two attached hydrogens (primary N) is 2. The van der Waals surface area contributed by atoms with Crippen molar-refractivity contribution in [2.75, 3.05) is 0 Å². The molecule has 0 radical (unpaired) electrons. The molecule has 0 heterocycles. The molecule has 0 aromatic heterocycles. The van der Waals surface area contributed by atoms with Crippen molar-refractivity contribution < 1.29 is 4.79 Å². The zero-order chi connectivity index (χ0) is 9.40. The summed E-state index contributed by atoms with van der Waals surface area (Å²) < 4.78 is 0. The molecule has 0 saturated carbocycles. The summed E-state index contributed by atoms with van der Waals surface area (Å²) in [6.45, 7) is 2.08. The number of rotatable bonds is 0. The first-order chi connectivity index (χ1) is 5.66. The van der Waals surface area contributed by atoms with Crippen LogP contribution in [0.1, 0.15) is 5.56 Å². The van der Waals surface area contributed by atoms with Gasteiger partial charge in [-0.05, 0) is 6.92 Å². The number of carbonyl (C=O) groups excluding carboxylic acids is 1. The molecule has 1 aromatic rings. The van der Waals surface area contributed by atoms with Gasteiger partial charge >= 0.3 is 6.03 Å². The molecule has 5 heteroatoms. The van der Waals surface area contributed by atoms with E-state index in [2.05, 4.69) is 30.6 Å². The van der Waals surface area contributed by atoms with E-state index in [0.717, 1.165) is 0 Å². The minimum Gasteiger partial charge on any atom is -0.351 e. The van der Waals surface area contributed by atoms with Crippen molar-refractivity contribution in [3.8, 4) is 0 Å². The van der Waals surface area contributed by atoms with Crippen molar-refractivity contribution in [2.24, 2.45) is 11.6 Å². The van der Waals surface area contributed by atoms with Gasteiger partial charge in [0.05, 0.1) is 0 Å². The number of benzene rings is 1. The number of aryl methyl sites for hydroxylation is 1. The van der Waals surface area contributed by atoms with Crippen LogP contribution in [0.5, 0.6) is 0 Å². The summed E-state index contributed by atoms with van der Waals surface area (Å²) in [5.41, 5.74) is 7.41. The molecule has 0 bridgehead atoms. The van der Waals surface area contributed by atoms with E-state index in [9.17, 15) is 4.79 Å². The third-order valence-corrected chi connectivity index (χ3v) is 1.08. The van der Waals surface area contributed by atoms with Gasteiger partial charge in [-0.2, -0.15) is 13.5 Å². The summed E-state index contributed by atoms with van der Waals surface area (Å²) in [5.74, 6) is 4.45. The first-order valence-electron chi connectivity index (χ1n) is 3.44. The summed E-state index contributed by atoms with van der Waals surface area (Å²) >= 11 is 0. The summed E-state index contributed by atoms with van der Waals surface area (Å²) in [7, 11) is 0. The highest BCUT2D eigenvalue weighted by atomic mass is 32.1. The van der Waals surface area contributed by atoms with E-state index in [1.807, 2.05) is 18.2 Å². The Labute approximate surface area is 84.7 Å². The maximum atomic E-state index is 9.35. The molecule has 13 heavy (non-hydrogen) atoms. The van der Waals surface area contributed by atoms with Crippen LogP contribution >= 0.6 is 13.5 Å². The predicted molar refractivity (Wildman–Crippen MR) is 58.5 cm³/mol. The molecule has 74 valence electrons. The lowest BCUT2D eigenvalue weighted by molar-refractivity contribution is 0.249. The first-order valence-corrected chi connectivity index (χ1v) is 3.44. The highest BCUT2D eigenvalue weighted by Crippen LogP contribution is 1.92. The lowest BCUT2D eigenvalue weighted by Crippen LogP contribution is -2.34. The van der Waals surface area contributed by atoms with Crippen LogP contribution in [0, 0.1) is 6.92 Å². The zero-order valence-electron chi connectivity index (χ0n) is 7.45. The quantitative estimate of drug-likeness (QED) is 0.327. The van der Waals surface area contributed by atoms with Crippen LogP contribution in [0.25, 0.3) is 0 Å². The van der Waals surface area contributed by atoms with Crippen molar-refractivity contribution in [1.29, 1.82) is 0 Å². The second-order valence-corrected chi connectivity index (χ2v) is 2.16. The van der Waals surface area contributed by atoms with E-state index in [-0.39, 0.29) is 13.5 Å². The Kier molecular flexibility index (Phi) is 9.80. The van der Waals surface area contributed by atoms with E-state index in [1.165, 1.54) is 5.56 Å². The zero-order valence-corrected chi connectivity index (χ0v) is 8.45. The Morgan fingerprint density at radius 1 is 1.31 bits per heavy atom. The predicted octanol–water partition coefficient (Wildman–Crippen LogP) is 0.636. The largest absolute Gasteiger partial charge is 0.351 e. The van der Waals surface area contributed by atoms with Crippen LogP contribution < -0.4 is 17.0 Å². The molecule has 0 atom stereocenters. The SMILES string of the molecule is Cc1ccccc1.NNC(N)=O.S. The van der Waals surface area contributed by atoms with Crippen LogP contribution in [-0.4, -0.2) is 6.03 Å². The summed E-state index contributed by atoms with van der Waals surface area (Å²) in [6.07, 6.45) is 0. The van der Waals surface area contributed by atoms with E-state index in [0.29, 0.717) is 0 Å². The molecule has 2 amide bonds. The highest BCUT2D eigenvalue weighted by molar-refractivity contribution is 7.59. The molecule has 0 aliphatic carbocycles. The lowest BCUT2D eigenvalue weighted by Gasteiger charge is -1.82. The van der Waals surface area contributed by atoms with Crippen LogP contribution in [0.4, 0.5) is 4.79 Å². The maximum Gasteiger partial charge on any atom is 0.326 e. The highest BCUT2D eigenvalue weighted by Gasteiger charge is 1.73. The Morgan fingerprint density at radius 3 is 1.85 bits per heavy atom. The van der Waals surface area contributed by atoms with Gasteiger partial charge in [0.15, 0.2) is 0 Å². The van der Waals surface area contributed by atoms with Crippen molar-refractivity contribution in [3.05, 3.63) is 35.9 Å². The van der Waals surface area contributed by atoms with Gasteiger partial charge in [0.1, 0.15) is 0 Å². The van der Waals surface area contributed by atoms with E-state index >= 15 is 0 Å². The molecule has 5 N–H and O–H groups in total. The molecule has 0 spiro atoms. The monoisotopic (exact) mass is 201 g/mol. The van der Waals surface area contributed by atoms with Crippen LogP contribution in [0.15, 0.2) is 30.3 Å². The van der Waals surface area contributed by atoms with Gasteiger partial charge in [0.2, 0.25) is 0 Å². The third kappa shape index (κ3) is 10.8. The smallest absolute Gasteiger partial charge is 0.326 e. The number of hydrazine groups is 1. The van der Waals surface area contributed by atoms with Gasteiger partial charge in [0.25, 0.3) is 0 Å². The fourth-order valence-electron chi connectivity index (χ4n) is 0.534. The van der Waals surface area contributed by atoms with Gasteiger partial charge < -0.3 is 5.73 Å². The Morgan fingerprint density at radius 2 is 1.69 bits per heavy atom. The van der Waals surface area contributed by atoms with Gasteiger partial charge in [-0.1, -0.05) is 35.9 Å². The summed E-state index contributed by atoms with van der Waals surface area (Å²) in [5, 5.41) is 0. The van der Waals surface area contributed by atoms with Crippen molar-refractivity contribution >= 4 is 19.5 Å². The van der Waals surface area contributed by atoms with Crippen LogP contribution in [-0.2, 0) is 0 Å². The van der Waals surface area contributed by atoms with Crippen LogP contribution in [0.2, 0.25) is 0 Å². The second-order valence-electron chi connectivity index (χ2n) is 2.16. The summed E-state index contributed by atoms with van der Waals surface area (Å²) in [6, 6.07) is 9.54. The molecule has 0 fully saturated rings. The molecule has 0 aliphatic heterocycles. The van der Waals surface area contributed by atoms with Crippen molar-refractivity contribution in [3.63, 3.8) is 0 Å². The molecule has 1 aromatic carbocycles. The number of urea groups is 1. The van der Waals surface area contributed by atoms with Gasteiger partial charge in [-0.25, -0.2) is 10.6 Å². The fraction of sp³-hybridized carbons (Fsp3) is 0.125. The van der Waals surface area contributed by atoms with E-state index < -0.39 is 6.03 Å². The van der Waals surface area contributed by atoms with Gasteiger partial charge in [0, 0.05) is 0 Å². The minimum atomic E-state index is -0.718. The fourth-order valence-corrected chi connectivity index (χ4v) is 0.534. The van der Waals surface area contributed by atoms with Crippen molar-refractivity contribution in [2.45, 2.75) is 6.92 Å². The number of nitrogens with one attached hydrogen (secondary N) is 1. The average molecular weight is 201 g/mol. The van der Waals surface area contributed by atoms with Crippen molar-refractivity contribution in [1.82, 2.24) is 5.43 Å². The molecular weight excluding hydrogens is 186 g/mol. The number of primary amides is 1. The standard InChI is InChI=1S/C7H8.CH5N3O.H2S/c1-7-5-3-2-4-6-7;2-1(5)4-3;/h2-6H,1H3;3H2,(H3,2,4,5);1H2. The normalized spacial score (nSPS) is 7.23. The third-order valence-electron chi connectivity index (χ3n) is 1.08. The Hall–Kier alpha value is -1.20. The molecule has 0 saturated heterocycles. The molecule has 0 unspecified atom stereocenters. The maximum absolute atomic E-state index is 9.35. The molecular formula is C8H15N3OS. The van der Waals surface area contributed by atoms with E-state index in [4.69, 9.17) is 0 Å². The van der Waals surface area contributed by atoms with Gasteiger partial charge in [-0.3, -0.25) is 5.43 Å². The number of hydrogen-bond donors (Lipinski definition) is 3. The molecule has 4 nitrogen and oxygen atoms in total. The number of hydrogen-bond acceptors (Lipinski definition) is 2.